The van der Waals surface area contributed by atoms with Crippen molar-refractivity contribution >= 4 is 33.0 Å². The topological polar surface area (TPSA) is 140 Å². The average Bonchev–Trinajstić information content (AvgIpc) is 2.74. The number of hydrogen-bond donors (Lipinski definition) is 4. The summed E-state index contributed by atoms with van der Waals surface area (Å²) in [7, 11) is -0.738. The molecule has 0 radical (unpaired) electrons. The van der Waals surface area contributed by atoms with E-state index in [0.29, 0.717) is 17.2 Å². The van der Waals surface area contributed by atoms with Gasteiger partial charge in [-0.1, -0.05) is 17.7 Å². The van der Waals surface area contributed by atoms with Crippen molar-refractivity contribution in [2.45, 2.75) is 11.8 Å². The summed E-state index contributed by atoms with van der Waals surface area (Å²) < 4.78 is 35.5. The van der Waals surface area contributed by atoms with E-state index < -0.39 is 10.0 Å². The van der Waals surface area contributed by atoms with E-state index in [4.69, 9.17) is 15.2 Å². The van der Waals surface area contributed by atoms with Gasteiger partial charge in [-0.15, -0.1) is 4.83 Å². The van der Waals surface area contributed by atoms with E-state index in [1.54, 1.807) is 37.4 Å². The van der Waals surface area contributed by atoms with Crippen LogP contribution >= 0.6 is 0 Å². The average molecular weight is 430 g/mol. The molecule has 3 aromatic rings. The van der Waals surface area contributed by atoms with Gasteiger partial charge in [0.2, 0.25) is 0 Å². The van der Waals surface area contributed by atoms with Crippen LogP contribution in [0.15, 0.2) is 53.7 Å². The van der Waals surface area contributed by atoms with E-state index in [-0.39, 0.29) is 22.2 Å². The SMILES string of the molecule is COc1ccc(OC)c(Nc2ncnc(NNS(=O)(=O)c3ccc(C)cc3)c2N)c1. The Labute approximate surface area is 174 Å². The van der Waals surface area contributed by atoms with E-state index in [1.165, 1.54) is 25.6 Å². The molecule has 0 spiro atoms. The number of benzene rings is 2. The van der Waals surface area contributed by atoms with Crippen LogP contribution in [-0.2, 0) is 10.0 Å². The van der Waals surface area contributed by atoms with E-state index in [1.807, 2.05) is 6.92 Å². The van der Waals surface area contributed by atoms with Gasteiger partial charge >= 0.3 is 0 Å². The zero-order chi connectivity index (χ0) is 21.7. The Balaban J connectivity index is 1.81. The fourth-order valence-corrected chi connectivity index (χ4v) is 3.37. The fourth-order valence-electron chi connectivity index (χ4n) is 2.53. The zero-order valence-corrected chi connectivity index (χ0v) is 17.4. The molecule has 0 saturated carbocycles. The molecule has 30 heavy (non-hydrogen) atoms. The monoisotopic (exact) mass is 430 g/mol. The number of ether oxygens (including phenoxy) is 2. The summed E-state index contributed by atoms with van der Waals surface area (Å²) >= 11 is 0. The van der Waals surface area contributed by atoms with Gasteiger partial charge in [-0.2, -0.15) is 0 Å². The highest BCUT2D eigenvalue weighted by Gasteiger charge is 2.16. The van der Waals surface area contributed by atoms with Crippen molar-refractivity contribution in [3.8, 4) is 11.5 Å². The van der Waals surface area contributed by atoms with E-state index in [0.717, 1.165) is 5.56 Å². The van der Waals surface area contributed by atoms with Gasteiger partial charge in [-0.3, -0.25) is 5.43 Å². The molecular weight excluding hydrogens is 408 g/mol. The highest BCUT2D eigenvalue weighted by Crippen LogP contribution is 2.33. The third kappa shape index (κ3) is 4.70. The third-order valence-electron chi connectivity index (χ3n) is 4.18. The molecule has 10 nitrogen and oxygen atoms in total. The number of aromatic nitrogens is 2. The fraction of sp³-hybridized carbons (Fsp3) is 0.158. The van der Waals surface area contributed by atoms with Crippen LogP contribution in [0, 0.1) is 6.92 Å². The van der Waals surface area contributed by atoms with Gasteiger partial charge in [-0.05, 0) is 31.2 Å². The molecule has 0 bridgehead atoms. The highest BCUT2D eigenvalue weighted by molar-refractivity contribution is 7.89. The molecule has 0 aliphatic carbocycles. The van der Waals surface area contributed by atoms with Crippen molar-refractivity contribution in [2.75, 3.05) is 30.7 Å². The van der Waals surface area contributed by atoms with E-state index in [9.17, 15) is 8.42 Å². The second-order valence-electron chi connectivity index (χ2n) is 6.22. The van der Waals surface area contributed by atoms with Crippen LogP contribution in [0.3, 0.4) is 0 Å². The Bertz CT molecular complexity index is 1140. The number of nitrogens with one attached hydrogen (secondary N) is 3. The standard InChI is InChI=1S/C19H22N6O4S/c1-12-4-7-14(8-5-12)30(26,27)25-24-19-17(20)18(21-11-22-19)23-15-10-13(28-2)6-9-16(15)29-3/h4-11,25H,20H2,1-3H3,(H2,21,22,23,24). The molecule has 0 amide bonds. The maximum atomic E-state index is 12.5. The lowest BCUT2D eigenvalue weighted by Gasteiger charge is -2.15. The van der Waals surface area contributed by atoms with Gasteiger partial charge in [0.1, 0.15) is 23.5 Å². The molecule has 0 aliphatic heterocycles. The molecule has 11 heteroatoms. The second-order valence-corrected chi connectivity index (χ2v) is 7.90. The van der Waals surface area contributed by atoms with Crippen LogP contribution in [0.5, 0.6) is 11.5 Å². The first-order valence-corrected chi connectivity index (χ1v) is 10.3. The van der Waals surface area contributed by atoms with Gasteiger partial charge in [0.25, 0.3) is 10.0 Å². The Morgan fingerprint density at radius 1 is 0.967 bits per heavy atom. The van der Waals surface area contributed by atoms with Crippen LogP contribution in [0.4, 0.5) is 23.0 Å². The minimum Gasteiger partial charge on any atom is -0.497 e. The number of nitrogens with two attached hydrogens (primary N) is 1. The summed E-state index contributed by atoms with van der Waals surface area (Å²) in [5.74, 6) is 1.50. The Kier molecular flexibility index (Phi) is 6.23. The molecule has 158 valence electrons. The summed E-state index contributed by atoms with van der Waals surface area (Å²) in [6, 6.07) is 11.6. The minimum atomic E-state index is -3.82. The van der Waals surface area contributed by atoms with Crippen LogP contribution < -0.4 is 30.8 Å². The highest BCUT2D eigenvalue weighted by atomic mass is 32.2. The third-order valence-corrected chi connectivity index (χ3v) is 5.44. The quantitative estimate of drug-likeness (QED) is 0.397. The number of anilines is 4. The number of hydrogen-bond acceptors (Lipinski definition) is 9. The van der Waals surface area contributed by atoms with Crippen molar-refractivity contribution in [3.05, 3.63) is 54.4 Å². The molecule has 0 saturated heterocycles. The molecule has 3 rings (SSSR count). The number of hydrazine groups is 1. The van der Waals surface area contributed by atoms with Gasteiger partial charge in [-0.25, -0.2) is 18.4 Å². The Morgan fingerprint density at radius 2 is 1.67 bits per heavy atom. The smallest absolute Gasteiger partial charge is 0.257 e. The number of sulfonamides is 1. The van der Waals surface area contributed by atoms with Crippen LogP contribution in [0.1, 0.15) is 5.56 Å². The van der Waals surface area contributed by atoms with E-state index in [2.05, 4.69) is 25.5 Å². The number of methoxy groups -OCH3 is 2. The number of aryl methyl sites for hydroxylation is 1. The summed E-state index contributed by atoms with van der Waals surface area (Å²) in [6.07, 6.45) is 1.24. The lowest BCUT2D eigenvalue weighted by molar-refractivity contribution is 0.405. The predicted molar refractivity (Wildman–Crippen MR) is 114 cm³/mol. The normalized spacial score (nSPS) is 11.0. The number of nitrogens with zero attached hydrogens (tertiary/aromatic N) is 2. The zero-order valence-electron chi connectivity index (χ0n) is 16.6. The van der Waals surface area contributed by atoms with Crippen LogP contribution in [0.2, 0.25) is 0 Å². The predicted octanol–water partition coefficient (Wildman–Crippen LogP) is 2.43. The van der Waals surface area contributed by atoms with Gasteiger partial charge in [0.15, 0.2) is 11.6 Å². The van der Waals surface area contributed by atoms with Crippen molar-refractivity contribution in [1.82, 2.24) is 14.8 Å². The molecule has 0 aliphatic rings. The first kappa shape index (κ1) is 21.1. The molecule has 5 N–H and O–H groups in total. The molecule has 1 heterocycles. The first-order valence-electron chi connectivity index (χ1n) is 8.78. The summed E-state index contributed by atoms with van der Waals surface area (Å²) in [6.45, 7) is 1.87. The van der Waals surface area contributed by atoms with Gasteiger partial charge < -0.3 is 20.5 Å². The molecule has 0 atom stereocenters. The lowest BCUT2D eigenvalue weighted by Crippen LogP contribution is -2.30. The maximum absolute atomic E-state index is 12.5. The Morgan fingerprint density at radius 3 is 2.33 bits per heavy atom. The van der Waals surface area contributed by atoms with Crippen LogP contribution in [-0.4, -0.2) is 32.6 Å². The second kappa shape index (κ2) is 8.84. The Hall–Kier alpha value is -3.57. The molecule has 1 aromatic heterocycles. The summed E-state index contributed by atoms with van der Waals surface area (Å²) in [5.41, 5.74) is 10.3. The number of rotatable bonds is 8. The largest absolute Gasteiger partial charge is 0.497 e. The van der Waals surface area contributed by atoms with Gasteiger partial charge in [0, 0.05) is 6.07 Å². The van der Waals surface area contributed by atoms with Crippen molar-refractivity contribution in [1.29, 1.82) is 0 Å². The summed E-state index contributed by atoms with van der Waals surface area (Å²) in [4.78, 5) is 10.5. The first-order chi connectivity index (χ1) is 14.3. The van der Waals surface area contributed by atoms with E-state index >= 15 is 0 Å². The molecule has 0 fully saturated rings. The van der Waals surface area contributed by atoms with Crippen molar-refractivity contribution in [2.24, 2.45) is 0 Å². The van der Waals surface area contributed by atoms with Gasteiger partial charge in [0.05, 0.1) is 24.8 Å². The molecule has 0 unspecified atom stereocenters. The maximum Gasteiger partial charge on any atom is 0.257 e. The van der Waals surface area contributed by atoms with Crippen LogP contribution in [0.25, 0.3) is 0 Å². The van der Waals surface area contributed by atoms with Crippen molar-refractivity contribution < 1.29 is 17.9 Å². The molecule has 2 aromatic carbocycles. The van der Waals surface area contributed by atoms with Crippen molar-refractivity contribution in [3.63, 3.8) is 0 Å². The number of nitrogen functional groups attached to an aromatic ring is 1. The lowest BCUT2D eigenvalue weighted by atomic mass is 10.2. The summed E-state index contributed by atoms with van der Waals surface area (Å²) in [5, 5.41) is 3.04. The molecular formula is C19H22N6O4S. The minimum absolute atomic E-state index is 0.0880.